The molecular weight excluding hydrogens is 270 g/mol. The maximum absolute atomic E-state index is 6.19. The Balaban J connectivity index is 1.75. The van der Waals surface area contributed by atoms with Gasteiger partial charge in [-0.2, -0.15) is 11.8 Å². The normalized spacial score (nSPS) is 27.4. The number of hydrogen-bond acceptors (Lipinski definition) is 5. The first kappa shape index (κ1) is 14.3. The molecule has 5 heteroatoms. The number of nitrogens with zero attached hydrogens (tertiary/aromatic N) is 2. The van der Waals surface area contributed by atoms with Crippen LogP contribution >= 0.6 is 11.8 Å². The summed E-state index contributed by atoms with van der Waals surface area (Å²) in [6.07, 6.45) is 10.2. The second kappa shape index (κ2) is 6.41. The fourth-order valence-corrected chi connectivity index (χ4v) is 4.82. The van der Waals surface area contributed by atoms with Crippen molar-refractivity contribution < 1.29 is 4.74 Å². The molecule has 1 spiro atoms. The summed E-state index contributed by atoms with van der Waals surface area (Å²) in [6, 6.07) is 0.339. The minimum Gasteiger partial charge on any atom is -0.375 e. The molecule has 2 saturated heterocycles. The van der Waals surface area contributed by atoms with Crippen molar-refractivity contribution in [1.29, 1.82) is 0 Å². The summed E-state index contributed by atoms with van der Waals surface area (Å²) in [4.78, 5) is 8.33. The van der Waals surface area contributed by atoms with Crippen molar-refractivity contribution in [1.82, 2.24) is 15.3 Å². The minimum absolute atomic E-state index is 0.138. The Bertz CT molecular complexity index is 417. The van der Waals surface area contributed by atoms with E-state index in [9.17, 15) is 0 Å². The number of thioether (sulfide) groups is 1. The molecule has 1 N–H and O–H groups in total. The zero-order valence-corrected chi connectivity index (χ0v) is 12.9. The van der Waals surface area contributed by atoms with Crippen molar-refractivity contribution in [3.8, 4) is 0 Å². The quantitative estimate of drug-likeness (QED) is 0.927. The first-order valence-electron chi connectivity index (χ1n) is 7.47. The molecule has 2 fully saturated rings. The maximum Gasteiger partial charge on any atom is 0.115 e. The third kappa shape index (κ3) is 3.00. The number of nitrogens with one attached hydrogen (secondary N) is 1. The van der Waals surface area contributed by atoms with Crippen LogP contribution in [0.15, 0.2) is 18.7 Å². The molecule has 110 valence electrons. The van der Waals surface area contributed by atoms with Gasteiger partial charge in [0.15, 0.2) is 0 Å². The highest BCUT2D eigenvalue weighted by Crippen LogP contribution is 2.43. The van der Waals surface area contributed by atoms with E-state index in [2.05, 4.69) is 27.0 Å². The molecule has 0 radical (unpaired) electrons. The van der Waals surface area contributed by atoms with Gasteiger partial charge in [0, 0.05) is 30.6 Å². The van der Waals surface area contributed by atoms with E-state index in [0.717, 1.165) is 19.4 Å². The van der Waals surface area contributed by atoms with Gasteiger partial charge in [-0.3, -0.25) is 0 Å². The lowest BCUT2D eigenvalue weighted by Crippen LogP contribution is -2.45. The van der Waals surface area contributed by atoms with Crippen LogP contribution in [-0.4, -0.2) is 40.7 Å². The lowest BCUT2D eigenvalue weighted by atomic mass is 9.77. The molecule has 0 aliphatic carbocycles. The second-order valence-corrected chi connectivity index (χ2v) is 7.06. The first-order valence-corrected chi connectivity index (χ1v) is 8.62. The molecule has 0 amide bonds. The predicted molar refractivity (Wildman–Crippen MR) is 81.8 cm³/mol. The highest BCUT2D eigenvalue weighted by molar-refractivity contribution is 7.99. The zero-order chi connectivity index (χ0) is 13.8. The number of hydrogen-bond donors (Lipinski definition) is 1. The average Bonchev–Trinajstić information content (AvgIpc) is 2.50. The molecule has 2 atom stereocenters. The van der Waals surface area contributed by atoms with Crippen molar-refractivity contribution in [2.24, 2.45) is 5.92 Å². The molecule has 2 aliphatic heterocycles. The lowest BCUT2D eigenvalue weighted by Gasteiger charge is -2.45. The molecule has 20 heavy (non-hydrogen) atoms. The molecule has 0 saturated carbocycles. The van der Waals surface area contributed by atoms with Gasteiger partial charge in [-0.05, 0) is 50.2 Å². The number of ether oxygens (including phenoxy) is 1. The third-order valence-corrected chi connectivity index (χ3v) is 5.64. The molecule has 4 nitrogen and oxygen atoms in total. The smallest absolute Gasteiger partial charge is 0.115 e. The van der Waals surface area contributed by atoms with E-state index >= 15 is 0 Å². The molecule has 2 aliphatic rings. The Morgan fingerprint density at radius 2 is 2.10 bits per heavy atom. The predicted octanol–water partition coefficient (Wildman–Crippen LogP) is 2.43. The van der Waals surface area contributed by atoms with Crippen LogP contribution < -0.4 is 5.32 Å². The van der Waals surface area contributed by atoms with Gasteiger partial charge in [-0.1, -0.05) is 0 Å². The zero-order valence-electron chi connectivity index (χ0n) is 12.0. The summed E-state index contributed by atoms with van der Waals surface area (Å²) in [5.41, 5.74) is 1.33. The van der Waals surface area contributed by atoms with Gasteiger partial charge in [0.25, 0.3) is 0 Å². The largest absolute Gasteiger partial charge is 0.375 e. The summed E-state index contributed by atoms with van der Waals surface area (Å²) < 4.78 is 6.19. The van der Waals surface area contributed by atoms with Crippen molar-refractivity contribution >= 4 is 11.8 Å². The fourth-order valence-electron chi connectivity index (χ4n) is 3.59. The van der Waals surface area contributed by atoms with Crippen LogP contribution in [0.25, 0.3) is 0 Å². The summed E-state index contributed by atoms with van der Waals surface area (Å²) >= 11 is 2.06. The second-order valence-electron chi connectivity index (χ2n) is 5.83. The minimum atomic E-state index is 0.138. The lowest BCUT2D eigenvalue weighted by molar-refractivity contribution is -0.107. The van der Waals surface area contributed by atoms with E-state index in [1.807, 2.05) is 19.4 Å². The van der Waals surface area contributed by atoms with Crippen LogP contribution in [0.5, 0.6) is 0 Å². The van der Waals surface area contributed by atoms with Crippen molar-refractivity contribution in [3.63, 3.8) is 0 Å². The Labute approximate surface area is 125 Å². The van der Waals surface area contributed by atoms with Gasteiger partial charge in [-0.25, -0.2) is 9.97 Å². The van der Waals surface area contributed by atoms with Crippen LogP contribution in [0.1, 0.15) is 37.3 Å². The van der Waals surface area contributed by atoms with E-state index < -0.39 is 0 Å². The van der Waals surface area contributed by atoms with Gasteiger partial charge < -0.3 is 10.1 Å². The summed E-state index contributed by atoms with van der Waals surface area (Å²) in [7, 11) is 2.04. The Hall–Kier alpha value is -0.650. The van der Waals surface area contributed by atoms with Crippen LogP contribution in [0, 0.1) is 5.92 Å². The van der Waals surface area contributed by atoms with Crippen LogP contribution in [0.2, 0.25) is 0 Å². The summed E-state index contributed by atoms with van der Waals surface area (Å²) in [5.74, 6) is 3.10. The molecular formula is C15H23N3OS. The third-order valence-electron chi connectivity index (χ3n) is 4.66. The van der Waals surface area contributed by atoms with Crippen molar-refractivity contribution in [2.45, 2.75) is 37.3 Å². The standard InChI is InChI=1S/C15H23N3OS/c1-16-14(13-9-17-11-18-10-13)12-2-5-19-15(8-12)3-6-20-7-4-15/h9-12,14,16H,2-8H2,1H3. The van der Waals surface area contributed by atoms with E-state index in [1.165, 1.54) is 29.9 Å². The van der Waals surface area contributed by atoms with E-state index in [1.54, 1.807) is 6.33 Å². The Morgan fingerprint density at radius 1 is 1.35 bits per heavy atom. The summed E-state index contributed by atoms with van der Waals surface area (Å²) in [6.45, 7) is 0.890. The highest BCUT2D eigenvalue weighted by Gasteiger charge is 2.41. The van der Waals surface area contributed by atoms with Gasteiger partial charge in [-0.15, -0.1) is 0 Å². The Morgan fingerprint density at radius 3 is 2.80 bits per heavy atom. The molecule has 0 aromatic carbocycles. The maximum atomic E-state index is 6.19. The molecule has 3 rings (SSSR count). The molecule has 0 bridgehead atoms. The highest BCUT2D eigenvalue weighted by atomic mass is 32.2. The molecule has 1 aromatic rings. The van der Waals surface area contributed by atoms with Gasteiger partial charge in [0.2, 0.25) is 0 Å². The van der Waals surface area contributed by atoms with Crippen LogP contribution in [0.4, 0.5) is 0 Å². The Kier molecular flexibility index (Phi) is 4.58. The van der Waals surface area contributed by atoms with Gasteiger partial charge in [0.05, 0.1) is 5.60 Å². The topological polar surface area (TPSA) is 47.0 Å². The molecule has 2 unspecified atom stereocenters. The van der Waals surface area contributed by atoms with Gasteiger partial charge >= 0.3 is 0 Å². The van der Waals surface area contributed by atoms with Crippen molar-refractivity contribution in [3.05, 3.63) is 24.3 Å². The monoisotopic (exact) mass is 293 g/mol. The summed E-state index contributed by atoms with van der Waals surface area (Å²) in [5, 5.41) is 3.47. The SMILES string of the molecule is CNC(c1cncnc1)C1CCOC2(CCSCC2)C1. The van der Waals surface area contributed by atoms with Crippen molar-refractivity contribution in [2.75, 3.05) is 25.2 Å². The van der Waals surface area contributed by atoms with Gasteiger partial charge in [0.1, 0.15) is 6.33 Å². The number of rotatable bonds is 3. The van der Waals surface area contributed by atoms with E-state index in [4.69, 9.17) is 4.74 Å². The fraction of sp³-hybridized carbons (Fsp3) is 0.733. The van der Waals surface area contributed by atoms with E-state index in [0.29, 0.717) is 12.0 Å². The molecule has 3 heterocycles. The van der Waals surface area contributed by atoms with Crippen LogP contribution in [-0.2, 0) is 4.74 Å². The van der Waals surface area contributed by atoms with E-state index in [-0.39, 0.29) is 5.60 Å². The van der Waals surface area contributed by atoms with Crippen LogP contribution in [0.3, 0.4) is 0 Å². The number of aromatic nitrogens is 2. The first-order chi connectivity index (χ1) is 9.83. The molecule has 1 aromatic heterocycles. The average molecular weight is 293 g/mol.